The van der Waals surface area contributed by atoms with E-state index < -0.39 is 17.8 Å². The first kappa shape index (κ1) is 14.5. The van der Waals surface area contributed by atoms with Crippen LogP contribution in [0, 0.1) is 12.7 Å². The maximum absolute atomic E-state index is 13.3. The van der Waals surface area contributed by atoms with Crippen molar-refractivity contribution >= 4 is 11.9 Å². The highest BCUT2D eigenvalue weighted by Crippen LogP contribution is 2.18. The van der Waals surface area contributed by atoms with Crippen LogP contribution in [-0.2, 0) is 9.53 Å². The van der Waals surface area contributed by atoms with Crippen molar-refractivity contribution in [1.82, 2.24) is 4.90 Å². The first-order chi connectivity index (χ1) is 9.49. The molecule has 2 rings (SSSR count). The third-order valence-corrected chi connectivity index (χ3v) is 3.33. The van der Waals surface area contributed by atoms with Crippen LogP contribution in [0.1, 0.15) is 22.3 Å². The third kappa shape index (κ3) is 3.14. The Hall–Kier alpha value is -1.95. The van der Waals surface area contributed by atoms with Gasteiger partial charge in [0.25, 0.3) is 5.91 Å². The molecular formula is C14H16FNO4. The van der Waals surface area contributed by atoms with Crippen molar-refractivity contribution in [1.29, 1.82) is 0 Å². The summed E-state index contributed by atoms with van der Waals surface area (Å²) in [6.07, 6.45) is -0.180. The second-order valence-corrected chi connectivity index (χ2v) is 4.78. The number of morpholine rings is 1. The second kappa shape index (κ2) is 6.00. The number of nitrogens with zero attached hydrogens (tertiary/aromatic N) is 1. The van der Waals surface area contributed by atoms with Gasteiger partial charge >= 0.3 is 5.97 Å². The molecule has 1 fully saturated rings. The van der Waals surface area contributed by atoms with Crippen molar-refractivity contribution in [3.63, 3.8) is 0 Å². The van der Waals surface area contributed by atoms with E-state index in [2.05, 4.69) is 0 Å². The molecule has 1 aromatic rings. The summed E-state index contributed by atoms with van der Waals surface area (Å²) in [5.74, 6) is -1.83. The summed E-state index contributed by atoms with van der Waals surface area (Å²) in [4.78, 5) is 24.8. The highest BCUT2D eigenvalue weighted by molar-refractivity contribution is 5.96. The summed E-state index contributed by atoms with van der Waals surface area (Å²) in [5.41, 5.74) is 0.930. The molecule has 1 heterocycles. The fraction of sp³-hybridized carbons (Fsp3) is 0.429. The van der Waals surface area contributed by atoms with Gasteiger partial charge in [0.2, 0.25) is 0 Å². The molecule has 0 bridgehead atoms. The molecule has 1 atom stereocenters. The third-order valence-electron chi connectivity index (χ3n) is 3.33. The van der Waals surface area contributed by atoms with Gasteiger partial charge < -0.3 is 14.7 Å². The molecule has 1 unspecified atom stereocenters. The number of carboxylic acids is 1. The Morgan fingerprint density at radius 1 is 1.50 bits per heavy atom. The van der Waals surface area contributed by atoms with E-state index in [1.807, 2.05) is 0 Å². The van der Waals surface area contributed by atoms with Gasteiger partial charge in [-0.1, -0.05) is 6.07 Å². The molecule has 5 nitrogen and oxygen atoms in total. The van der Waals surface area contributed by atoms with Crippen LogP contribution in [0.15, 0.2) is 18.2 Å². The normalized spacial score (nSPS) is 18.9. The number of carbonyl (C=O) groups is 2. The lowest BCUT2D eigenvalue weighted by Crippen LogP contribution is -2.49. The van der Waals surface area contributed by atoms with Crippen molar-refractivity contribution in [2.45, 2.75) is 19.4 Å². The number of carboxylic acid groups (broad SMARTS) is 1. The van der Waals surface area contributed by atoms with E-state index >= 15 is 0 Å². The Balaban J connectivity index is 2.25. The summed E-state index contributed by atoms with van der Waals surface area (Å²) in [6, 6.07) is 3.50. The van der Waals surface area contributed by atoms with Gasteiger partial charge in [-0.05, 0) is 24.6 Å². The molecule has 1 amide bonds. The first-order valence-corrected chi connectivity index (χ1v) is 6.35. The average Bonchev–Trinajstić information content (AvgIpc) is 2.41. The van der Waals surface area contributed by atoms with Crippen LogP contribution in [0.25, 0.3) is 0 Å². The Labute approximate surface area is 116 Å². The van der Waals surface area contributed by atoms with E-state index in [0.717, 1.165) is 0 Å². The lowest BCUT2D eigenvalue weighted by Gasteiger charge is -2.35. The molecule has 20 heavy (non-hydrogen) atoms. The Morgan fingerprint density at radius 3 is 2.95 bits per heavy atom. The highest BCUT2D eigenvalue weighted by Gasteiger charge is 2.30. The van der Waals surface area contributed by atoms with Crippen molar-refractivity contribution in [2.24, 2.45) is 0 Å². The first-order valence-electron chi connectivity index (χ1n) is 6.35. The molecule has 0 aliphatic carbocycles. The smallest absolute Gasteiger partial charge is 0.305 e. The predicted molar refractivity (Wildman–Crippen MR) is 69.0 cm³/mol. The number of amides is 1. The Morgan fingerprint density at radius 2 is 2.25 bits per heavy atom. The van der Waals surface area contributed by atoms with Gasteiger partial charge in [-0.15, -0.1) is 0 Å². The standard InChI is InChI=1S/C14H16FNO4/c1-9-2-3-10(15)6-12(9)14(19)16-4-5-20-8-11(16)7-13(17)18/h2-3,6,11H,4-5,7-8H2,1H3,(H,17,18). The quantitative estimate of drug-likeness (QED) is 0.910. The van der Waals surface area contributed by atoms with Crippen molar-refractivity contribution in [3.8, 4) is 0 Å². The Kier molecular flexibility index (Phi) is 4.34. The number of aliphatic carboxylic acids is 1. The summed E-state index contributed by atoms with van der Waals surface area (Å²) < 4.78 is 18.5. The van der Waals surface area contributed by atoms with E-state index in [-0.39, 0.29) is 24.5 Å². The molecule has 108 valence electrons. The van der Waals surface area contributed by atoms with Crippen molar-refractivity contribution in [3.05, 3.63) is 35.1 Å². The number of ether oxygens (including phenoxy) is 1. The van der Waals surface area contributed by atoms with Crippen LogP contribution in [0.5, 0.6) is 0 Å². The zero-order chi connectivity index (χ0) is 14.7. The molecule has 1 aromatic carbocycles. The van der Waals surface area contributed by atoms with Gasteiger partial charge in [-0.2, -0.15) is 0 Å². The SMILES string of the molecule is Cc1ccc(F)cc1C(=O)N1CCOCC1CC(=O)O. The topological polar surface area (TPSA) is 66.8 Å². The zero-order valence-corrected chi connectivity index (χ0v) is 11.1. The average molecular weight is 281 g/mol. The zero-order valence-electron chi connectivity index (χ0n) is 11.1. The fourth-order valence-corrected chi connectivity index (χ4v) is 2.27. The summed E-state index contributed by atoms with van der Waals surface area (Å²) in [7, 11) is 0. The van der Waals surface area contributed by atoms with Gasteiger partial charge in [0, 0.05) is 12.1 Å². The van der Waals surface area contributed by atoms with Crippen molar-refractivity contribution < 1.29 is 23.8 Å². The van der Waals surface area contributed by atoms with Crippen molar-refractivity contribution in [2.75, 3.05) is 19.8 Å². The molecule has 1 N–H and O–H groups in total. The van der Waals surface area contributed by atoms with E-state index in [9.17, 15) is 14.0 Å². The largest absolute Gasteiger partial charge is 0.481 e. The molecule has 1 aliphatic heterocycles. The van der Waals surface area contributed by atoms with Crippen LogP contribution in [-0.4, -0.2) is 47.7 Å². The van der Waals surface area contributed by atoms with Gasteiger partial charge in [-0.25, -0.2) is 4.39 Å². The fourth-order valence-electron chi connectivity index (χ4n) is 2.27. The number of benzene rings is 1. The predicted octanol–water partition coefficient (Wildman–Crippen LogP) is 1.45. The van der Waals surface area contributed by atoms with E-state index in [1.165, 1.54) is 23.1 Å². The van der Waals surface area contributed by atoms with E-state index in [0.29, 0.717) is 18.7 Å². The molecule has 1 aliphatic rings. The van der Waals surface area contributed by atoms with Crippen LogP contribution in [0.3, 0.4) is 0 Å². The Bertz CT molecular complexity index is 532. The second-order valence-electron chi connectivity index (χ2n) is 4.78. The lowest BCUT2D eigenvalue weighted by atomic mass is 10.0. The summed E-state index contributed by atoms with van der Waals surface area (Å²) in [5, 5.41) is 8.88. The molecule has 0 spiro atoms. The molecule has 1 saturated heterocycles. The van der Waals surface area contributed by atoms with Gasteiger partial charge in [0.05, 0.1) is 25.7 Å². The number of hydrogen-bond acceptors (Lipinski definition) is 3. The van der Waals surface area contributed by atoms with Gasteiger partial charge in [0.1, 0.15) is 5.82 Å². The van der Waals surface area contributed by atoms with Crippen LogP contribution >= 0.6 is 0 Å². The van der Waals surface area contributed by atoms with Gasteiger partial charge in [-0.3, -0.25) is 9.59 Å². The van der Waals surface area contributed by atoms with Crippen LogP contribution < -0.4 is 0 Å². The number of hydrogen-bond donors (Lipinski definition) is 1. The molecule has 6 heteroatoms. The van der Waals surface area contributed by atoms with E-state index in [1.54, 1.807) is 6.92 Å². The molecular weight excluding hydrogens is 265 g/mol. The minimum Gasteiger partial charge on any atom is -0.481 e. The number of halogens is 1. The minimum atomic E-state index is -0.991. The summed E-state index contributed by atoms with van der Waals surface area (Å²) >= 11 is 0. The lowest BCUT2D eigenvalue weighted by molar-refractivity contribution is -0.139. The molecule has 0 radical (unpaired) electrons. The number of aryl methyl sites for hydroxylation is 1. The van der Waals surface area contributed by atoms with Crippen LogP contribution in [0.2, 0.25) is 0 Å². The van der Waals surface area contributed by atoms with E-state index in [4.69, 9.17) is 9.84 Å². The maximum atomic E-state index is 13.3. The summed E-state index contributed by atoms with van der Waals surface area (Å²) in [6.45, 7) is 2.58. The number of carbonyl (C=O) groups excluding carboxylic acids is 1. The van der Waals surface area contributed by atoms with Crippen LogP contribution in [0.4, 0.5) is 4.39 Å². The molecule has 0 saturated carbocycles. The number of rotatable bonds is 3. The molecule has 0 aromatic heterocycles. The minimum absolute atomic E-state index is 0.180. The maximum Gasteiger partial charge on any atom is 0.305 e. The van der Waals surface area contributed by atoms with Gasteiger partial charge in [0.15, 0.2) is 0 Å². The highest BCUT2D eigenvalue weighted by atomic mass is 19.1. The monoisotopic (exact) mass is 281 g/mol.